The molecule has 0 spiro atoms. The Bertz CT molecular complexity index is 1840. The first-order valence-electron chi connectivity index (χ1n) is 18.2. The second-order valence-corrected chi connectivity index (χ2v) is 13.0. The van der Waals surface area contributed by atoms with Gasteiger partial charge in [-0.05, 0) is 63.8 Å². The van der Waals surface area contributed by atoms with Crippen LogP contribution in [0.1, 0.15) is 81.0 Å². The lowest BCUT2D eigenvalue weighted by Gasteiger charge is -2.16. The highest BCUT2D eigenvalue weighted by Crippen LogP contribution is 2.45. The van der Waals surface area contributed by atoms with E-state index in [0.29, 0.717) is 12.8 Å². The average molecular weight is 737 g/mol. The number of rotatable bonds is 12. The molecule has 0 bridgehead atoms. The molecule has 0 heterocycles. The van der Waals surface area contributed by atoms with Gasteiger partial charge in [0, 0.05) is 11.8 Å². The topological polar surface area (TPSA) is 168 Å². The van der Waals surface area contributed by atoms with Gasteiger partial charge >= 0.3 is 24.1 Å². The lowest BCUT2D eigenvalue weighted by molar-refractivity contribution is -0.141. The van der Waals surface area contributed by atoms with Gasteiger partial charge < -0.3 is 35.1 Å². The van der Waals surface area contributed by atoms with Crippen molar-refractivity contribution >= 4 is 30.4 Å². The number of fused-ring (bicyclic) bond motifs is 6. The number of carboxylic acids is 2. The fourth-order valence-corrected chi connectivity index (χ4v) is 6.32. The summed E-state index contributed by atoms with van der Waals surface area (Å²) in [6.07, 6.45) is 1.04. The molecule has 3 atom stereocenters. The summed E-state index contributed by atoms with van der Waals surface area (Å²) < 4.78 is 10.7. The Kier molecular flexibility index (Phi) is 14.9. The van der Waals surface area contributed by atoms with Crippen LogP contribution in [0.2, 0.25) is 0 Å². The summed E-state index contributed by atoms with van der Waals surface area (Å²) in [5.74, 6) is -1.95. The number of ether oxygens (including phenoxy) is 2. The number of alkyl carbamates (subject to hydrolysis) is 2. The van der Waals surface area contributed by atoms with Crippen molar-refractivity contribution in [3.8, 4) is 22.3 Å². The molecule has 0 aromatic heterocycles. The Morgan fingerprint density at radius 1 is 0.593 bits per heavy atom. The second kappa shape index (κ2) is 19.8. The number of aliphatic carboxylic acids is 2. The van der Waals surface area contributed by atoms with E-state index >= 15 is 0 Å². The maximum absolute atomic E-state index is 11.9. The summed E-state index contributed by atoms with van der Waals surface area (Å²) >= 11 is 0. The minimum atomic E-state index is -1.06. The second-order valence-electron chi connectivity index (χ2n) is 13.0. The number of nitrogens with one attached hydrogen (secondary N) is 2. The largest absolute Gasteiger partial charge is 0.481 e. The van der Waals surface area contributed by atoms with Gasteiger partial charge in [0.1, 0.15) is 25.5 Å². The maximum atomic E-state index is 11.9. The van der Waals surface area contributed by atoms with Gasteiger partial charge in [0.15, 0.2) is 0 Å². The Balaban J connectivity index is 0.000000205. The SMILES string of the molecule is CCC(C)C(=O)O.CCC(C=O)NC(=O)OCC1c2ccccc2-c2ccccc21.CCC(NC(=O)OCC1c2ccccc2-c2ccccc21)C(=O)O. The van der Waals surface area contributed by atoms with Gasteiger partial charge in [0.25, 0.3) is 0 Å². The molecule has 11 nitrogen and oxygen atoms in total. The van der Waals surface area contributed by atoms with Gasteiger partial charge in [0.2, 0.25) is 0 Å². The molecular formula is C43H48N2O9. The van der Waals surface area contributed by atoms with E-state index in [4.69, 9.17) is 19.7 Å². The molecule has 4 aromatic carbocycles. The zero-order valence-corrected chi connectivity index (χ0v) is 31.0. The predicted molar refractivity (Wildman–Crippen MR) is 205 cm³/mol. The summed E-state index contributed by atoms with van der Waals surface area (Å²) in [6.45, 7) is 7.53. The van der Waals surface area contributed by atoms with Crippen molar-refractivity contribution in [1.29, 1.82) is 0 Å². The lowest BCUT2D eigenvalue weighted by Crippen LogP contribution is -2.40. The third-order valence-electron chi connectivity index (χ3n) is 9.63. The molecular weight excluding hydrogens is 688 g/mol. The third kappa shape index (κ3) is 10.1. The van der Waals surface area contributed by atoms with Crippen LogP contribution in [0.15, 0.2) is 97.1 Å². The van der Waals surface area contributed by atoms with Crippen LogP contribution >= 0.6 is 0 Å². The van der Waals surface area contributed by atoms with Gasteiger partial charge in [-0.1, -0.05) is 125 Å². The highest BCUT2D eigenvalue weighted by atomic mass is 16.6. The number of carbonyl (C=O) groups excluding carboxylic acids is 3. The molecule has 0 fully saturated rings. The first-order chi connectivity index (χ1) is 26.0. The zero-order chi connectivity index (χ0) is 39.2. The molecule has 284 valence electrons. The number of hydrogen-bond donors (Lipinski definition) is 4. The molecule has 0 radical (unpaired) electrons. The smallest absolute Gasteiger partial charge is 0.407 e. The van der Waals surface area contributed by atoms with Crippen LogP contribution < -0.4 is 10.6 Å². The summed E-state index contributed by atoms with van der Waals surface area (Å²) in [7, 11) is 0. The molecule has 4 aromatic rings. The van der Waals surface area contributed by atoms with Crippen molar-refractivity contribution in [3.63, 3.8) is 0 Å². The number of carbonyl (C=O) groups is 5. The van der Waals surface area contributed by atoms with Gasteiger partial charge in [-0.3, -0.25) is 4.79 Å². The number of hydrogen-bond acceptors (Lipinski definition) is 7. The Morgan fingerprint density at radius 2 is 0.963 bits per heavy atom. The molecule has 2 aliphatic rings. The summed E-state index contributed by atoms with van der Waals surface area (Å²) in [5.41, 5.74) is 9.27. The number of aldehydes is 1. The monoisotopic (exact) mass is 736 g/mol. The summed E-state index contributed by atoms with van der Waals surface area (Å²) in [6, 6.07) is 31.0. The van der Waals surface area contributed by atoms with Gasteiger partial charge in [-0.15, -0.1) is 0 Å². The lowest BCUT2D eigenvalue weighted by atomic mass is 9.98. The average Bonchev–Trinajstić information content (AvgIpc) is 3.69. The maximum Gasteiger partial charge on any atom is 0.407 e. The van der Waals surface area contributed by atoms with E-state index in [0.717, 1.165) is 35.0 Å². The first kappa shape index (κ1) is 40.8. The molecule has 11 heteroatoms. The quantitative estimate of drug-likeness (QED) is 0.105. The number of benzene rings is 4. The van der Waals surface area contributed by atoms with E-state index in [-0.39, 0.29) is 31.0 Å². The van der Waals surface area contributed by atoms with Crippen LogP contribution in [-0.4, -0.2) is 65.9 Å². The Hall–Kier alpha value is -5.97. The zero-order valence-electron chi connectivity index (χ0n) is 31.0. The van der Waals surface area contributed by atoms with Crippen LogP contribution in [0.4, 0.5) is 9.59 Å². The van der Waals surface area contributed by atoms with E-state index in [1.807, 2.05) is 74.5 Å². The van der Waals surface area contributed by atoms with Crippen molar-refractivity contribution in [2.45, 2.75) is 70.9 Å². The molecule has 3 unspecified atom stereocenters. The van der Waals surface area contributed by atoms with Crippen LogP contribution in [0.25, 0.3) is 22.3 Å². The van der Waals surface area contributed by atoms with Crippen LogP contribution in [-0.2, 0) is 23.9 Å². The molecule has 2 amide bonds. The van der Waals surface area contributed by atoms with Crippen molar-refractivity contribution in [3.05, 3.63) is 119 Å². The molecule has 4 N–H and O–H groups in total. The Labute approximate surface area is 315 Å². The fraction of sp³-hybridized carbons (Fsp3) is 0.326. The van der Waals surface area contributed by atoms with Gasteiger partial charge in [-0.25, -0.2) is 14.4 Å². The van der Waals surface area contributed by atoms with Crippen LogP contribution in [0.3, 0.4) is 0 Å². The van der Waals surface area contributed by atoms with E-state index in [1.165, 1.54) is 22.3 Å². The van der Waals surface area contributed by atoms with Crippen molar-refractivity contribution in [2.24, 2.45) is 5.92 Å². The highest BCUT2D eigenvalue weighted by molar-refractivity contribution is 5.81. The van der Waals surface area contributed by atoms with Crippen molar-refractivity contribution < 1.29 is 43.7 Å². The van der Waals surface area contributed by atoms with Crippen LogP contribution in [0.5, 0.6) is 0 Å². The van der Waals surface area contributed by atoms with Crippen LogP contribution in [0, 0.1) is 5.92 Å². The summed E-state index contributed by atoms with van der Waals surface area (Å²) in [4.78, 5) is 55.5. The molecule has 54 heavy (non-hydrogen) atoms. The summed E-state index contributed by atoms with van der Waals surface area (Å²) in [5, 5.41) is 22.1. The molecule has 6 rings (SSSR count). The third-order valence-corrected chi connectivity index (χ3v) is 9.63. The van der Waals surface area contributed by atoms with Gasteiger partial charge in [-0.2, -0.15) is 0 Å². The highest BCUT2D eigenvalue weighted by Gasteiger charge is 2.30. The molecule has 0 saturated carbocycles. The van der Waals surface area contributed by atoms with E-state index in [2.05, 4.69) is 47.0 Å². The molecule has 2 aliphatic carbocycles. The van der Waals surface area contributed by atoms with Crippen molar-refractivity contribution in [1.82, 2.24) is 10.6 Å². The fourth-order valence-electron chi connectivity index (χ4n) is 6.32. The molecule has 0 saturated heterocycles. The number of amides is 2. The standard InChI is InChI=1S/C19H19NO4.C19H19NO3.C5H10O2/c1-2-17(18(21)22)20-19(23)24-11-16-14-9-5-3-7-12(14)13-8-4-6-10-15(13)16;1-2-13(11-21)20-19(22)23-12-18-16-9-5-3-7-14(16)15-8-4-6-10-17(15)18;1-3-4(2)5(6)7/h3-10,16-17H,2,11H2,1H3,(H,20,23)(H,21,22);3-11,13,18H,2,12H2,1H3,(H,20,22);4H,3H2,1-2H3,(H,6,7). The van der Waals surface area contributed by atoms with Gasteiger partial charge in [0.05, 0.1) is 12.0 Å². The molecule has 0 aliphatic heterocycles. The normalized spacial score (nSPS) is 13.7. The first-order valence-corrected chi connectivity index (χ1v) is 18.2. The van der Waals surface area contributed by atoms with E-state index < -0.39 is 36.2 Å². The predicted octanol–water partition coefficient (Wildman–Crippen LogP) is 8.01. The minimum absolute atomic E-state index is 0.0319. The Morgan fingerprint density at radius 3 is 1.24 bits per heavy atom. The van der Waals surface area contributed by atoms with E-state index in [9.17, 15) is 24.0 Å². The van der Waals surface area contributed by atoms with E-state index in [1.54, 1.807) is 13.8 Å². The number of carboxylic acid groups (broad SMARTS) is 2. The van der Waals surface area contributed by atoms with Crippen molar-refractivity contribution in [2.75, 3.05) is 13.2 Å². The minimum Gasteiger partial charge on any atom is -0.481 e.